The van der Waals surface area contributed by atoms with Crippen LogP contribution in [0.25, 0.3) is 10.2 Å². The zero-order chi connectivity index (χ0) is 21.8. The number of benzene rings is 2. The second kappa shape index (κ2) is 9.36. The molecular formula is C25H24N4O2S. The van der Waals surface area contributed by atoms with E-state index < -0.39 is 0 Å². The van der Waals surface area contributed by atoms with E-state index in [1.807, 2.05) is 46.7 Å². The minimum Gasteiger partial charge on any atom is -0.483 e. The number of thiophene rings is 1. The van der Waals surface area contributed by atoms with E-state index >= 15 is 0 Å². The first-order valence-electron chi connectivity index (χ1n) is 10.7. The van der Waals surface area contributed by atoms with Crippen LogP contribution in [0, 0.1) is 0 Å². The molecule has 0 unspecified atom stereocenters. The molecule has 0 aliphatic carbocycles. The van der Waals surface area contributed by atoms with Crippen LogP contribution in [0.5, 0.6) is 5.75 Å². The maximum atomic E-state index is 12.8. The fraction of sp³-hybridized carbons (Fsp3) is 0.240. The molecule has 7 heteroatoms. The molecule has 0 bridgehead atoms. The number of hydrogen-bond donors (Lipinski definition) is 0. The van der Waals surface area contributed by atoms with E-state index in [1.54, 1.807) is 17.7 Å². The third-order valence-electron chi connectivity index (χ3n) is 5.73. The maximum Gasteiger partial charge on any atom is 0.260 e. The standard InChI is InChI=1S/C25H24N4O2S/c30-23(17-31-22-9-5-4-8-20(22)16-19-6-2-1-3-7-19)28-11-13-29(14-12-28)24-21-10-15-32-25(21)27-18-26-24/h1-10,15,18H,11-14,16-17H2. The van der Waals surface area contributed by atoms with E-state index in [-0.39, 0.29) is 12.5 Å². The van der Waals surface area contributed by atoms with Crippen molar-refractivity contribution >= 4 is 33.3 Å². The molecule has 162 valence electrons. The van der Waals surface area contributed by atoms with E-state index in [1.165, 1.54) is 5.56 Å². The summed E-state index contributed by atoms with van der Waals surface area (Å²) in [5.74, 6) is 1.74. The third kappa shape index (κ3) is 4.43. The lowest BCUT2D eigenvalue weighted by molar-refractivity contribution is -0.133. The number of nitrogens with zero attached hydrogens (tertiary/aromatic N) is 4. The van der Waals surface area contributed by atoms with Crippen molar-refractivity contribution < 1.29 is 9.53 Å². The van der Waals surface area contributed by atoms with Gasteiger partial charge in [-0.1, -0.05) is 48.5 Å². The van der Waals surface area contributed by atoms with Crippen LogP contribution in [0.15, 0.2) is 72.4 Å². The van der Waals surface area contributed by atoms with Crippen molar-refractivity contribution in [1.29, 1.82) is 0 Å². The van der Waals surface area contributed by atoms with Crippen molar-refractivity contribution in [3.8, 4) is 5.75 Å². The summed E-state index contributed by atoms with van der Waals surface area (Å²) in [4.78, 5) is 26.7. The van der Waals surface area contributed by atoms with E-state index in [9.17, 15) is 4.79 Å². The van der Waals surface area contributed by atoms with Gasteiger partial charge in [-0.2, -0.15) is 0 Å². The van der Waals surface area contributed by atoms with Gasteiger partial charge in [-0.3, -0.25) is 4.79 Å². The number of anilines is 1. The number of hydrogen-bond acceptors (Lipinski definition) is 6. The summed E-state index contributed by atoms with van der Waals surface area (Å²) in [5.41, 5.74) is 2.30. The quantitative estimate of drug-likeness (QED) is 0.450. The smallest absolute Gasteiger partial charge is 0.260 e. The summed E-state index contributed by atoms with van der Waals surface area (Å²) in [7, 11) is 0. The average Bonchev–Trinajstić information content (AvgIpc) is 3.33. The third-order valence-corrected chi connectivity index (χ3v) is 6.55. The number of aromatic nitrogens is 2. The molecule has 0 saturated carbocycles. The number of para-hydroxylation sites is 1. The normalized spacial score (nSPS) is 14.0. The van der Waals surface area contributed by atoms with Gasteiger partial charge in [0.15, 0.2) is 6.61 Å². The molecule has 5 rings (SSSR count). The van der Waals surface area contributed by atoms with Crippen molar-refractivity contribution in [2.45, 2.75) is 6.42 Å². The first kappa shape index (κ1) is 20.5. The number of ether oxygens (including phenoxy) is 1. The van der Waals surface area contributed by atoms with Gasteiger partial charge in [-0.15, -0.1) is 11.3 Å². The summed E-state index contributed by atoms with van der Waals surface area (Å²) in [6, 6.07) is 20.3. The molecule has 1 amide bonds. The molecular weight excluding hydrogens is 420 g/mol. The summed E-state index contributed by atoms with van der Waals surface area (Å²) in [6.07, 6.45) is 2.40. The van der Waals surface area contributed by atoms with Crippen LogP contribution in [0.2, 0.25) is 0 Å². The molecule has 0 spiro atoms. The fourth-order valence-electron chi connectivity index (χ4n) is 4.03. The summed E-state index contributed by atoms with van der Waals surface area (Å²) < 4.78 is 5.96. The van der Waals surface area contributed by atoms with Crippen LogP contribution in [0.1, 0.15) is 11.1 Å². The Balaban J connectivity index is 1.18. The molecule has 0 atom stereocenters. The molecule has 1 fully saturated rings. The van der Waals surface area contributed by atoms with Gasteiger partial charge < -0.3 is 14.5 Å². The minimum absolute atomic E-state index is 0.0162. The Bertz CT molecular complexity index is 1200. The summed E-state index contributed by atoms with van der Waals surface area (Å²) in [5, 5.41) is 3.12. The van der Waals surface area contributed by atoms with Gasteiger partial charge in [-0.05, 0) is 28.6 Å². The van der Waals surface area contributed by atoms with Crippen LogP contribution >= 0.6 is 11.3 Å². The molecule has 1 aliphatic heterocycles. The molecule has 4 aromatic rings. The molecule has 1 aliphatic rings. The number of carbonyl (C=O) groups is 1. The van der Waals surface area contributed by atoms with E-state index in [0.717, 1.165) is 46.9 Å². The summed E-state index contributed by atoms with van der Waals surface area (Å²) >= 11 is 1.62. The van der Waals surface area contributed by atoms with Crippen LogP contribution in [0.4, 0.5) is 5.82 Å². The van der Waals surface area contributed by atoms with Gasteiger partial charge in [0.05, 0.1) is 5.39 Å². The van der Waals surface area contributed by atoms with E-state index in [4.69, 9.17) is 4.74 Å². The van der Waals surface area contributed by atoms with Crippen LogP contribution < -0.4 is 9.64 Å². The lowest BCUT2D eigenvalue weighted by Crippen LogP contribution is -2.50. The molecule has 0 radical (unpaired) electrons. The highest BCUT2D eigenvalue weighted by Gasteiger charge is 2.23. The van der Waals surface area contributed by atoms with Crippen molar-refractivity contribution in [3.05, 3.63) is 83.5 Å². The van der Waals surface area contributed by atoms with Crippen LogP contribution in [0.3, 0.4) is 0 Å². The number of piperazine rings is 1. The molecule has 2 aromatic carbocycles. The van der Waals surface area contributed by atoms with Crippen molar-refractivity contribution in [1.82, 2.24) is 14.9 Å². The lowest BCUT2D eigenvalue weighted by Gasteiger charge is -2.35. The fourth-order valence-corrected chi connectivity index (χ4v) is 4.76. The number of fused-ring (bicyclic) bond motifs is 1. The topological polar surface area (TPSA) is 58.6 Å². The largest absolute Gasteiger partial charge is 0.483 e. The second-order valence-corrected chi connectivity index (χ2v) is 8.66. The molecule has 1 saturated heterocycles. The average molecular weight is 445 g/mol. The molecule has 3 heterocycles. The van der Waals surface area contributed by atoms with Gasteiger partial charge in [-0.25, -0.2) is 9.97 Å². The highest BCUT2D eigenvalue weighted by molar-refractivity contribution is 7.16. The van der Waals surface area contributed by atoms with Crippen LogP contribution in [-0.4, -0.2) is 53.6 Å². The zero-order valence-corrected chi connectivity index (χ0v) is 18.5. The van der Waals surface area contributed by atoms with E-state index in [2.05, 4.69) is 39.1 Å². The van der Waals surface area contributed by atoms with Crippen molar-refractivity contribution in [3.63, 3.8) is 0 Å². The molecule has 2 aromatic heterocycles. The molecule has 0 N–H and O–H groups in total. The minimum atomic E-state index is 0.0162. The Morgan fingerprint density at radius 2 is 1.72 bits per heavy atom. The Kier molecular flexibility index (Phi) is 5.98. The first-order valence-corrected chi connectivity index (χ1v) is 11.6. The highest BCUT2D eigenvalue weighted by atomic mass is 32.1. The Labute approximate surface area is 191 Å². The van der Waals surface area contributed by atoms with Gasteiger partial charge >= 0.3 is 0 Å². The predicted octanol–water partition coefficient (Wildman–Crippen LogP) is 4.01. The maximum absolute atomic E-state index is 12.8. The van der Waals surface area contributed by atoms with Gasteiger partial charge in [0.2, 0.25) is 0 Å². The van der Waals surface area contributed by atoms with Crippen molar-refractivity contribution in [2.75, 3.05) is 37.7 Å². The number of rotatable bonds is 6. The predicted molar refractivity (Wildman–Crippen MR) is 127 cm³/mol. The monoisotopic (exact) mass is 444 g/mol. The number of amides is 1. The zero-order valence-electron chi connectivity index (χ0n) is 17.7. The first-order chi connectivity index (χ1) is 15.8. The van der Waals surface area contributed by atoms with Crippen LogP contribution in [-0.2, 0) is 11.2 Å². The Hall–Kier alpha value is -3.45. The van der Waals surface area contributed by atoms with Crippen molar-refractivity contribution in [2.24, 2.45) is 0 Å². The molecule has 32 heavy (non-hydrogen) atoms. The highest BCUT2D eigenvalue weighted by Crippen LogP contribution is 2.27. The molecule has 6 nitrogen and oxygen atoms in total. The van der Waals surface area contributed by atoms with Gasteiger partial charge in [0, 0.05) is 32.6 Å². The van der Waals surface area contributed by atoms with Gasteiger partial charge in [0.1, 0.15) is 22.7 Å². The van der Waals surface area contributed by atoms with E-state index in [0.29, 0.717) is 13.1 Å². The second-order valence-electron chi connectivity index (χ2n) is 7.76. The Morgan fingerprint density at radius 1 is 0.938 bits per heavy atom. The summed E-state index contributed by atoms with van der Waals surface area (Å²) in [6.45, 7) is 2.86. The lowest BCUT2D eigenvalue weighted by atomic mass is 10.0. The number of carbonyl (C=O) groups excluding carboxylic acids is 1. The SMILES string of the molecule is O=C(COc1ccccc1Cc1ccccc1)N1CCN(c2ncnc3sccc23)CC1. The Morgan fingerprint density at radius 3 is 2.56 bits per heavy atom. The van der Waals surface area contributed by atoms with Gasteiger partial charge in [0.25, 0.3) is 5.91 Å².